The summed E-state index contributed by atoms with van der Waals surface area (Å²) >= 11 is 0. The second-order valence-electron chi connectivity index (χ2n) is 6.38. The largest absolute Gasteiger partial charge is 0.480 e. The lowest BCUT2D eigenvalue weighted by Crippen LogP contribution is -2.31. The Hall–Kier alpha value is -1.74. The van der Waals surface area contributed by atoms with Crippen LogP contribution in [-0.4, -0.2) is 36.4 Å². The summed E-state index contributed by atoms with van der Waals surface area (Å²) in [5.74, 6) is 1.80. The van der Waals surface area contributed by atoms with Gasteiger partial charge in [-0.25, -0.2) is 4.79 Å². The highest BCUT2D eigenvalue weighted by Crippen LogP contribution is 2.25. The van der Waals surface area contributed by atoms with E-state index in [9.17, 15) is 9.59 Å². The first-order valence-corrected chi connectivity index (χ1v) is 7.53. The molecule has 0 aromatic carbocycles. The first-order valence-electron chi connectivity index (χ1n) is 7.53. The monoisotopic (exact) mass is 312 g/mol. The van der Waals surface area contributed by atoms with Crippen LogP contribution in [0.2, 0.25) is 0 Å². The van der Waals surface area contributed by atoms with Gasteiger partial charge in [0.1, 0.15) is 6.04 Å². The molecule has 0 heterocycles. The van der Waals surface area contributed by atoms with Gasteiger partial charge >= 0.3 is 12.1 Å². The molecular weight excluding hydrogens is 284 g/mol. The van der Waals surface area contributed by atoms with Crippen molar-refractivity contribution in [2.45, 2.75) is 52.5 Å². The zero-order chi connectivity index (χ0) is 17.2. The van der Waals surface area contributed by atoms with E-state index in [1.54, 1.807) is 0 Å². The van der Waals surface area contributed by atoms with Gasteiger partial charge in [0.15, 0.2) is 0 Å². The molecule has 6 nitrogen and oxygen atoms in total. The lowest BCUT2D eigenvalue weighted by atomic mass is 9.84. The maximum atomic E-state index is 11.6. The van der Waals surface area contributed by atoms with Gasteiger partial charge in [-0.05, 0) is 25.7 Å². The van der Waals surface area contributed by atoms with E-state index in [1.165, 1.54) is 0 Å². The van der Waals surface area contributed by atoms with E-state index in [0.29, 0.717) is 32.4 Å². The molecule has 126 valence electrons. The van der Waals surface area contributed by atoms with Gasteiger partial charge in [-0.1, -0.05) is 20.8 Å². The molecule has 0 aliphatic rings. The molecule has 1 amide bonds. The van der Waals surface area contributed by atoms with Crippen molar-refractivity contribution in [1.82, 2.24) is 5.32 Å². The molecule has 4 N–H and O–H groups in total. The maximum Gasteiger partial charge on any atom is 0.407 e. The van der Waals surface area contributed by atoms with Crippen LogP contribution in [-0.2, 0) is 9.53 Å². The number of hydrogen-bond acceptors (Lipinski definition) is 4. The van der Waals surface area contributed by atoms with Crippen LogP contribution >= 0.6 is 0 Å². The van der Waals surface area contributed by atoms with Gasteiger partial charge in [0, 0.05) is 17.9 Å². The molecule has 0 aromatic heterocycles. The summed E-state index contributed by atoms with van der Waals surface area (Å²) in [6.07, 6.45) is 7.36. The molecule has 0 fully saturated rings. The van der Waals surface area contributed by atoms with Crippen LogP contribution in [0.1, 0.15) is 46.5 Å². The fourth-order valence-corrected chi connectivity index (χ4v) is 2.06. The Balaban J connectivity index is 3.78. The van der Waals surface area contributed by atoms with Crippen molar-refractivity contribution in [1.29, 1.82) is 0 Å². The number of carboxylic acids is 1. The number of rotatable bonds is 10. The van der Waals surface area contributed by atoms with Crippen LogP contribution in [0.3, 0.4) is 0 Å². The number of nitrogens with two attached hydrogens (primary N) is 1. The Labute approximate surface area is 132 Å². The van der Waals surface area contributed by atoms with Gasteiger partial charge in [0.05, 0.1) is 6.61 Å². The fourth-order valence-electron chi connectivity index (χ4n) is 2.06. The van der Waals surface area contributed by atoms with Crippen molar-refractivity contribution in [3.63, 3.8) is 0 Å². The van der Waals surface area contributed by atoms with Crippen molar-refractivity contribution in [2.24, 2.45) is 17.1 Å². The van der Waals surface area contributed by atoms with E-state index in [1.807, 2.05) is 20.8 Å². The Morgan fingerprint density at radius 3 is 2.59 bits per heavy atom. The van der Waals surface area contributed by atoms with Crippen molar-refractivity contribution in [2.75, 3.05) is 13.2 Å². The summed E-state index contributed by atoms with van der Waals surface area (Å²) in [7, 11) is 0. The number of nitrogens with one attached hydrogen (secondary N) is 1. The van der Waals surface area contributed by atoms with Gasteiger partial charge < -0.3 is 20.9 Å². The van der Waals surface area contributed by atoms with Crippen LogP contribution < -0.4 is 11.1 Å². The minimum atomic E-state index is -1.00. The number of hydrogen-bond donors (Lipinski definition) is 3. The Kier molecular flexibility index (Phi) is 9.27. The zero-order valence-electron chi connectivity index (χ0n) is 13.7. The SMILES string of the molecule is C#CC(C)CC(C)(C)COC(=O)NCCCC[C@H](N)C(=O)O. The molecule has 0 aliphatic carbocycles. The molecule has 0 aliphatic heterocycles. The van der Waals surface area contributed by atoms with Gasteiger partial charge in [0.2, 0.25) is 0 Å². The molecule has 1 unspecified atom stereocenters. The lowest BCUT2D eigenvalue weighted by Gasteiger charge is -2.25. The summed E-state index contributed by atoms with van der Waals surface area (Å²) in [6, 6.07) is -0.842. The maximum absolute atomic E-state index is 11.6. The third kappa shape index (κ3) is 10.1. The quantitative estimate of drug-likeness (QED) is 0.423. The number of carbonyl (C=O) groups excluding carboxylic acids is 1. The smallest absolute Gasteiger partial charge is 0.407 e. The van der Waals surface area contributed by atoms with Crippen LogP contribution in [0.5, 0.6) is 0 Å². The molecular formula is C16H28N2O4. The first kappa shape index (κ1) is 20.3. The minimum absolute atomic E-state index is 0.139. The number of alkyl carbamates (subject to hydrolysis) is 1. The zero-order valence-corrected chi connectivity index (χ0v) is 13.7. The Bertz CT molecular complexity index is 401. The summed E-state index contributed by atoms with van der Waals surface area (Å²) in [4.78, 5) is 22.1. The van der Waals surface area contributed by atoms with E-state index < -0.39 is 18.1 Å². The lowest BCUT2D eigenvalue weighted by molar-refractivity contribution is -0.138. The Morgan fingerprint density at radius 2 is 2.05 bits per heavy atom. The van der Waals surface area contributed by atoms with Crippen LogP contribution in [0.25, 0.3) is 0 Å². The molecule has 0 radical (unpaired) electrons. The van der Waals surface area contributed by atoms with Crippen molar-refractivity contribution < 1.29 is 19.4 Å². The van der Waals surface area contributed by atoms with Crippen molar-refractivity contribution in [3.8, 4) is 12.3 Å². The van der Waals surface area contributed by atoms with Gasteiger partial charge in [0.25, 0.3) is 0 Å². The van der Waals surface area contributed by atoms with Gasteiger partial charge in [-0.3, -0.25) is 4.79 Å². The van der Waals surface area contributed by atoms with E-state index in [0.717, 1.165) is 6.42 Å². The average Bonchev–Trinajstić information content (AvgIpc) is 2.43. The standard InChI is InChI=1S/C16H28N2O4/c1-5-12(2)10-16(3,4)11-22-15(21)18-9-7-6-8-13(17)14(19)20/h1,12-13H,6-11,17H2,2-4H3,(H,18,21)(H,19,20)/t12?,13-/m0/s1. The molecule has 0 saturated carbocycles. The summed E-state index contributed by atoms with van der Waals surface area (Å²) in [5, 5.41) is 11.3. The second-order valence-corrected chi connectivity index (χ2v) is 6.38. The van der Waals surface area contributed by atoms with E-state index >= 15 is 0 Å². The minimum Gasteiger partial charge on any atom is -0.480 e. The van der Waals surface area contributed by atoms with Crippen LogP contribution in [0.4, 0.5) is 4.79 Å². The number of aliphatic carboxylic acids is 1. The van der Waals surface area contributed by atoms with Crippen molar-refractivity contribution >= 4 is 12.1 Å². The number of unbranched alkanes of at least 4 members (excludes halogenated alkanes) is 1. The van der Waals surface area contributed by atoms with E-state index in [-0.39, 0.29) is 11.3 Å². The molecule has 0 aromatic rings. The molecule has 0 bridgehead atoms. The van der Waals surface area contributed by atoms with E-state index in [2.05, 4.69) is 11.2 Å². The van der Waals surface area contributed by atoms with Crippen molar-refractivity contribution in [3.05, 3.63) is 0 Å². The average molecular weight is 312 g/mol. The molecule has 0 rings (SSSR count). The number of carboxylic acid groups (broad SMARTS) is 1. The third-order valence-corrected chi connectivity index (χ3v) is 3.27. The highest BCUT2D eigenvalue weighted by molar-refractivity contribution is 5.72. The first-order chi connectivity index (χ1) is 10.2. The topological polar surface area (TPSA) is 102 Å². The molecule has 0 saturated heterocycles. The molecule has 6 heteroatoms. The number of amides is 1. The summed E-state index contributed by atoms with van der Waals surface area (Å²) < 4.78 is 5.18. The van der Waals surface area contributed by atoms with E-state index in [4.69, 9.17) is 22.0 Å². The molecule has 0 spiro atoms. The normalized spacial score (nSPS) is 13.8. The number of terminal acetylenes is 1. The fraction of sp³-hybridized carbons (Fsp3) is 0.750. The summed E-state index contributed by atoms with van der Waals surface area (Å²) in [5.41, 5.74) is 5.21. The number of carbonyl (C=O) groups is 2. The van der Waals surface area contributed by atoms with Crippen LogP contribution in [0, 0.1) is 23.7 Å². The van der Waals surface area contributed by atoms with Gasteiger partial charge in [-0.15, -0.1) is 12.3 Å². The highest BCUT2D eigenvalue weighted by Gasteiger charge is 2.22. The second kappa shape index (κ2) is 10.1. The predicted molar refractivity (Wildman–Crippen MR) is 85.2 cm³/mol. The molecule has 2 atom stereocenters. The summed E-state index contributed by atoms with van der Waals surface area (Å²) in [6.45, 7) is 6.70. The van der Waals surface area contributed by atoms with Gasteiger partial charge in [-0.2, -0.15) is 0 Å². The molecule has 22 heavy (non-hydrogen) atoms. The predicted octanol–water partition coefficient (Wildman–Crippen LogP) is 1.98. The third-order valence-electron chi connectivity index (χ3n) is 3.27. The Morgan fingerprint density at radius 1 is 1.41 bits per heavy atom. The van der Waals surface area contributed by atoms with Crippen LogP contribution in [0.15, 0.2) is 0 Å². The highest BCUT2D eigenvalue weighted by atomic mass is 16.5. The number of ether oxygens (including phenoxy) is 1.